The quantitative estimate of drug-likeness (QED) is 0.576. The van der Waals surface area contributed by atoms with Gasteiger partial charge in [-0.3, -0.25) is 0 Å². The van der Waals surface area contributed by atoms with Crippen molar-refractivity contribution in [3.8, 4) is 5.75 Å². The first kappa shape index (κ1) is 11.8. The molecule has 1 aromatic rings. The topological polar surface area (TPSA) is 38.7 Å². The highest BCUT2D eigenvalue weighted by Crippen LogP contribution is 2.19. The van der Waals surface area contributed by atoms with E-state index in [2.05, 4.69) is 6.58 Å². The summed E-state index contributed by atoms with van der Waals surface area (Å²) in [5.74, 6) is -0.999. The largest absolute Gasteiger partial charge is 0.439 e. The highest BCUT2D eigenvalue weighted by molar-refractivity contribution is 5.21. The summed E-state index contributed by atoms with van der Waals surface area (Å²) < 4.78 is 10.5. The van der Waals surface area contributed by atoms with Gasteiger partial charge in [-0.15, -0.1) is 6.58 Å². The fraction of sp³-hybridized carbons (Fsp3) is 0.333. The second-order valence-electron chi connectivity index (χ2n) is 3.08. The van der Waals surface area contributed by atoms with Crippen molar-refractivity contribution in [2.45, 2.75) is 19.3 Å². The highest BCUT2D eigenvalue weighted by atomic mass is 16.8. The van der Waals surface area contributed by atoms with Crippen molar-refractivity contribution in [1.29, 1.82) is 0 Å². The molecule has 1 N–H and O–H groups in total. The summed E-state index contributed by atoms with van der Waals surface area (Å²) in [6.07, 6.45) is 1.91. The summed E-state index contributed by atoms with van der Waals surface area (Å²) in [5, 5.41) is 9.91. The maximum atomic E-state index is 9.91. The van der Waals surface area contributed by atoms with E-state index < -0.39 is 5.97 Å². The Kier molecular flexibility index (Phi) is 4.34. The van der Waals surface area contributed by atoms with Crippen molar-refractivity contribution >= 4 is 0 Å². The predicted octanol–water partition coefficient (Wildman–Crippen LogP) is 2.32. The molecule has 0 bridgehead atoms. The first-order valence-corrected chi connectivity index (χ1v) is 4.91. The molecule has 0 spiro atoms. The number of aliphatic hydroxyl groups is 1. The fourth-order valence-electron chi connectivity index (χ4n) is 1.07. The van der Waals surface area contributed by atoms with E-state index in [1.807, 2.05) is 18.2 Å². The van der Waals surface area contributed by atoms with Crippen LogP contribution in [0.25, 0.3) is 0 Å². The molecule has 0 saturated heterocycles. The number of ether oxygens (including phenoxy) is 2. The zero-order valence-electron chi connectivity index (χ0n) is 8.85. The molecule has 1 unspecified atom stereocenters. The van der Waals surface area contributed by atoms with Crippen LogP contribution in [0.3, 0.4) is 0 Å². The van der Waals surface area contributed by atoms with Gasteiger partial charge in [0.05, 0.1) is 6.61 Å². The second-order valence-corrected chi connectivity index (χ2v) is 3.08. The third kappa shape index (κ3) is 3.73. The van der Waals surface area contributed by atoms with Crippen LogP contribution in [-0.2, 0) is 4.74 Å². The summed E-state index contributed by atoms with van der Waals surface area (Å²) in [6.45, 7) is 5.54. The Morgan fingerprint density at radius 1 is 1.40 bits per heavy atom. The number of hydrogen-bond acceptors (Lipinski definition) is 3. The zero-order chi connectivity index (χ0) is 11.1. The normalized spacial score (nSPS) is 14.3. The van der Waals surface area contributed by atoms with Gasteiger partial charge in [-0.05, 0) is 12.1 Å². The lowest BCUT2D eigenvalue weighted by atomic mass is 10.3. The molecule has 0 heterocycles. The Morgan fingerprint density at radius 3 is 2.60 bits per heavy atom. The van der Waals surface area contributed by atoms with Gasteiger partial charge in [0, 0.05) is 6.42 Å². The first-order valence-electron chi connectivity index (χ1n) is 4.91. The van der Waals surface area contributed by atoms with E-state index in [1.165, 1.54) is 0 Å². The average molecular weight is 208 g/mol. The number of benzene rings is 1. The molecule has 3 heteroatoms. The minimum atomic E-state index is -1.57. The van der Waals surface area contributed by atoms with Crippen LogP contribution in [0.2, 0.25) is 0 Å². The molecule has 0 aliphatic rings. The molecule has 0 aliphatic heterocycles. The lowest BCUT2D eigenvalue weighted by Gasteiger charge is -2.26. The van der Waals surface area contributed by atoms with Crippen molar-refractivity contribution in [2.24, 2.45) is 0 Å². The predicted molar refractivity (Wildman–Crippen MR) is 58.5 cm³/mol. The summed E-state index contributed by atoms with van der Waals surface area (Å²) in [7, 11) is 0. The fourth-order valence-corrected chi connectivity index (χ4v) is 1.07. The third-order valence-electron chi connectivity index (χ3n) is 1.89. The van der Waals surface area contributed by atoms with Gasteiger partial charge in [-0.25, -0.2) is 0 Å². The first-order chi connectivity index (χ1) is 7.20. The lowest BCUT2D eigenvalue weighted by molar-refractivity contribution is -0.316. The van der Waals surface area contributed by atoms with Gasteiger partial charge in [-0.2, -0.15) is 0 Å². The maximum Gasteiger partial charge on any atom is 0.324 e. The Hall–Kier alpha value is -1.32. The molecule has 1 rings (SSSR count). The monoisotopic (exact) mass is 208 g/mol. The SMILES string of the molecule is C=CCOC(O)(CC)Oc1ccccc1. The molecule has 82 valence electrons. The van der Waals surface area contributed by atoms with Crippen LogP contribution in [0.4, 0.5) is 0 Å². The van der Waals surface area contributed by atoms with Gasteiger partial charge in [0.25, 0.3) is 0 Å². The summed E-state index contributed by atoms with van der Waals surface area (Å²) in [6, 6.07) is 9.07. The van der Waals surface area contributed by atoms with E-state index in [-0.39, 0.29) is 6.61 Å². The van der Waals surface area contributed by atoms with E-state index in [9.17, 15) is 5.11 Å². The number of hydrogen-bond donors (Lipinski definition) is 1. The molecular weight excluding hydrogens is 192 g/mol. The standard InChI is InChI=1S/C12H16O3/c1-3-10-14-12(13,4-2)15-11-8-6-5-7-9-11/h3,5-9,13H,1,4,10H2,2H3. The second kappa shape index (κ2) is 5.53. The van der Waals surface area contributed by atoms with Crippen LogP contribution in [0.5, 0.6) is 5.75 Å². The van der Waals surface area contributed by atoms with Gasteiger partial charge in [0.2, 0.25) is 0 Å². The number of rotatable bonds is 6. The van der Waals surface area contributed by atoms with E-state index in [0.717, 1.165) is 0 Å². The molecule has 0 fully saturated rings. The molecule has 0 aliphatic carbocycles. The Bertz CT molecular complexity index is 297. The molecule has 1 aromatic carbocycles. The van der Waals surface area contributed by atoms with Crippen LogP contribution >= 0.6 is 0 Å². The maximum absolute atomic E-state index is 9.91. The highest BCUT2D eigenvalue weighted by Gasteiger charge is 2.27. The summed E-state index contributed by atoms with van der Waals surface area (Å²) in [5.41, 5.74) is 0. The van der Waals surface area contributed by atoms with E-state index >= 15 is 0 Å². The van der Waals surface area contributed by atoms with Crippen molar-refractivity contribution in [1.82, 2.24) is 0 Å². The molecule has 1 atom stereocenters. The minimum Gasteiger partial charge on any atom is -0.439 e. The molecule has 3 nitrogen and oxygen atoms in total. The zero-order valence-corrected chi connectivity index (χ0v) is 8.85. The molecule has 0 radical (unpaired) electrons. The van der Waals surface area contributed by atoms with Crippen LogP contribution < -0.4 is 4.74 Å². The van der Waals surface area contributed by atoms with E-state index in [0.29, 0.717) is 12.2 Å². The van der Waals surface area contributed by atoms with Crippen molar-refractivity contribution < 1.29 is 14.6 Å². The Labute approximate surface area is 90.0 Å². The molecular formula is C12H16O3. The van der Waals surface area contributed by atoms with Crippen LogP contribution in [0.15, 0.2) is 43.0 Å². The van der Waals surface area contributed by atoms with Gasteiger partial charge < -0.3 is 14.6 Å². The third-order valence-corrected chi connectivity index (χ3v) is 1.89. The van der Waals surface area contributed by atoms with Gasteiger partial charge in [0.1, 0.15) is 5.75 Å². The molecule has 0 saturated carbocycles. The van der Waals surface area contributed by atoms with Crippen LogP contribution in [-0.4, -0.2) is 17.7 Å². The van der Waals surface area contributed by atoms with Gasteiger partial charge in [-0.1, -0.05) is 31.2 Å². The Morgan fingerprint density at radius 2 is 2.07 bits per heavy atom. The smallest absolute Gasteiger partial charge is 0.324 e. The van der Waals surface area contributed by atoms with E-state index in [1.54, 1.807) is 25.1 Å². The minimum absolute atomic E-state index is 0.247. The van der Waals surface area contributed by atoms with Gasteiger partial charge >= 0.3 is 5.97 Å². The Balaban J connectivity index is 2.63. The summed E-state index contributed by atoms with van der Waals surface area (Å²) in [4.78, 5) is 0. The molecule has 0 amide bonds. The average Bonchev–Trinajstić information content (AvgIpc) is 2.28. The van der Waals surface area contributed by atoms with Crippen LogP contribution in [0, 0.1) is 0 Å². The van der Waals surface area contributed by atoms with Crippen molar-refractivity contribution in [2.75, 3.05) is 6.61 Å². The summed E-state index contributed by atoms with van der Waals surface area (Å²) >= 11 is 0. The molecule has 0 aromatic heterocycles. The van der Waals surface area contributed by atoms with Crippen molar-refractivity contribution in [3.05, 3.63) is 43.0 Å². The van der Waals surface area contributed by atoms with Gasteiger partial charge in [0.15, 0.2) is 0 Å². The number of para-hydroxylation sites is 1. The van der Waals surface area contributed by atoms with Crippen LogP contribution in [0.1, 0.15) is 13.3 Å². The van der Waals surface area contributed by atoms with E-state index in [4.69, 9.17) is 9.47 Å². The van der Waals surface area contributed by atoms with Crippen molar-refractivity contribution in [3.63, 3.8) is 0 Å². The molecule has 15 heavy (non-hydrogen) atoms. The lowest BCUT2D eigenvalue weighted by Crippen LogP contribution is -2.38.